The zero-order valence-electron chi connectivity index (χ0n) is 16.1. The van der Waals surface area contributed by atoms with E-state index >= 15 is 0 Å². The Morgan fingerprint density at radius 2 is 2.04 bits per heavy atom. The van der Waals surface area contributed by atoms with Crippen LogP contribution in [0.25, 0.3) is 11.0 Å². The van der Waals surface area contributed by atoms with Gasteiger partial charge in [0.25, 0.3) is 0 Å². The second-order valence-electron chi connectivity index (χ2n) is 7.71. The highest BCUT2D eigenvalue weighted by molar-refractivity contribution is 5.94. The van der Waals surface area contributed by atoms with E-state index < -0.39 is 0 Å². The third-order valence-corrected chi connectivity index (χ3v) is 5.86. The maximum Gasteiger partial charge on any atom is 0.238 e. The number of imidazole rings is 1. The summed E-state index contributed by atoms with van der Waals surface area (Å²) in [4.78, 5) is 33.4. The third-order valence-electron chi connectivity index (χ3n) is 5.86. The molecule has 2 fully saturated rings. The number of carbonyl (C=O) groups is 2. The van der Waals surface area contributed by atoms with Crippen molar-refractivity contribution in [2.45, 2.75) is 38.6 Å². The molecule has 7 heteroatoms. The number of fused-ring (bicyclic) bond motifs is 1. The summed E-state index contributed by atoms with van der Waals surface area (Å²) in [5, 5.41) is 2.94. The first-order valence-corrected chi connectivity index (χ1v) is 9.76. The van der Waals surface area contributed by atoms with Gasteiger partial charge in [0.05, 0.1) is 24.1 Å². The minimum absolute atomic E-state index is 0.0934. The molecule has 1 saturated heterocycles. The number of rotatable bonds is 4. The van der Waals surface area contributed by atoms with E-state index in [1.54, 1.807) is 0 Å². The van der Waals surface area contributed by atoms with Crippen LogP contribution in [0.5, 0.6) is 0 Å². The van der Waals surface area contributed by atoms with Crippen molar-refractivity contribution >= 4 is 28.5 Å². The van der Waals surface area contributed by atoms with Crippen LogP contribution in [0.2, 0.25) is 0 Å². The second-order valence-corrected chi connectivity index (χ2v) is 7.71. The van der Waals surface area contributed by atoms with Gasteiger partial charge in [-0.25, -0.2) is 4.98 Å². The van der Waals surface area contributed by atoms with Gasteiger partial charge in [-0.05, 0) is 38.0 Å². The summed E-state index contributed by atoms with van der Waals surface area (Å²) in [6.07, 6.45) is 4.70. The van der Waals surface area contributed by atoms with Gasteiger partial charge in [-0.2, -0.15) is 0 Å². The van der Waals surface area contributed by atoms with Crippen LogP contribution in [0.1, 0.15) is 31.5 Å². The standard InChI is InChI=1S/C20H27N5O2/c1-14-21-17-11-15(7-8-18(17)23(14)2)22-19(26)12-24-9-10-25(20(27)13-24)16-5-3-4-6-16/h7-8,11,16H,3-6,9-10,12-13H2,1-2H3,(H,22,26). The lowest BCUT2D eigenvalue weighted by Gasteiger charge is -2.37. The number of hydrogen-bond donors (Lipinski definition) is 1. The van der Waals surface area contributed by atoms with Gasteiger partial charge < -0.3 is 14.8 Å². The molecule has 1 aliphatic carbocycles. The van der Waals surface area contributed by atoms with E-state index in [4.69, 9.17) is 0 Å². The van der Waals surface area contributed by atoms with E-state index in [1.807, 2.05) is 46.5 Å². The first kappa shape index (κ1) is 18.0. The van der Waals surface area contributed by atoms with Crippen LogP contribution >= 0.6 is 0 Å². The average Bonchev–Trinajstić information content (AvgIpc) is 3.24. The van der Waals surface area contributed by atoms with Crippen LogP contribution in [-0.2, 0) is 16.6 Å². The molecule has 2 aromatic rings. The van der Waals surface area contributed by atoms with Crippen molar-refractivity contribution in [2.24, 2.45) is 7.05 Å². The van der Waals surface area contributed by atoms with Crippen LogP contribution in [0.4, 0.5) is 5.69 Å². The van der Waals surface area contributed by atoms with Crippen molar-refractivity contribution in [3.63, 3.8) is 0 Å². The molecular formula is C20H27N5O2. The Morgan fingerprint density at radius 1 is 1.26 bits per heavy atom. The fraction of sp³-hybridized carbons (Fsp3) is 0.550. The molecule has 2 heterocycles. The van der Waals surface area contributed by atoms with Gasteiger partial charge in [0.2, 0.25) is 11.8 Å². The van der Waals surface area contributed by atoms with Crippen molar-refractivity contribution in [2.75, 3.05) is 31.5 Å². The van der Waals surface area contributed by atoms with Crippen molar-refractivity contribution in [3.05, 3.63) is 24.0 Å². The maximum atomic E-state index is 12.5. The van der Waals surface area contributed by atoms with E-state index in [2.05, 4.69) is 10.3 Å². The Morgan fingerprint density at radius 3 is 2.78 bits per heavy atom. The van der Waals surface area contributed by atoms with Gasteiger partial charge in [0.15, 0.2) is 0 Å². The van der Waals surface area contributed by atoms with Crippen LogP contribution in [0, 0.1) is 6.92 Å². The van der Waals surface area contributed by atoms with Crippen molar-refractivity contribution < 1.29 is 9.59 Å². The first-order valence-electron chi connectivity index (χ1n) is 9.76. The predicted octanol–water partition coefficient (Wildman–Crippen LogP) is 1.91. The Hall–Kier alpha value is -2.41. The largest absolute Gasteiger partial charge is 0.337 e. The van der Waals surface area contributed by atoms with E-state index in [1.165, 1.54) is 12.8 Å². The molecule has 2 aliphatic rings. The quantitative estimate of drug-likeness (QED) is 0.894. The Kier molecular flexibility index (Phi) is 4.86. The smallest absolute Gasteiger partial charge is 0.238 e. The molecule has 0 unspecified atom stereocenters. The number of benzene rings is 1. The summed E-state index contributed by atoms with van der Waals surface area (Å²) in [5.41, 5.74) is 2.65. The number of aryl methyl sites for hydroxylation is 2. The Bertz CT molecular complexity index is 869. The summed E-state index contributed by atoms with van der Waals surface area (Å²) in [6, 6.07) is 6.17. The molecule has 1 saturated carbocycles. The molecule has 4 rings (SSSR count). The lowest BCUT2D eigenvalue weighted by atomic mass is 10.1. The summed E-state index contributed by atoms with van der Waals surface area (Å²) >= 11 is 0. The van der Waals surface area contributed by atoms with E-state index in [9.17, 15) is 9.59 Å². The monoisotopic (exact) mass is 369 g/mol. The molecule has 0 spiro atoms. The number of hydrogen-bond acceptors (Lipinski definition) is 4. The van der Waals surface area contributed by atoms with Crippen LogP contribution in [0.3, 0.4) is 0 Å². The Labute approximate surface area is 159 Å². The fourth-order valence-electron chi connectivity index (χ4n) is 4.27. The molecule has 0 bridgehead atoms. The first-order chi connectivity index (χ1) is 13.0. The highest BCUT2D eigenvalue weighted by atomic mass is 16.2. The zero-order chi connectivity index (χ0) is 19.0. The van der Waals surface area contributed by atoms with E-state index in [0.717, 1.165) is 48.5 Å². The number of piperazine rings is 1. The maximum absolute atomic E-state index is 12.5. The number of aromatic nitrogens is 2. The van der Waals surface area contributed by atoms with Crippen molar-refractivity contribution in [3.8, 4) is 0 Å². The molecular weight excluding hydrogens is 342 g/mol. The van der Waals surface area contributed by atoms with Crippen molar-refractivity contribution in [1.82, 2.24) is 19.4 Å². The molecule has 7 nitrogen and oxygen atoms in total. The molecule has 1 N–H and O–H groups in total. The van der Waals surface area contributed by atoms with E-state index in [0.29, 0.717) is 12.6 Å². The van der Waals surface area contributed by atoms with Gasteiger partial charge in [-0.15, -0.1) is 0 Å². The summed E-state index contributed by atoms with van der Waals surface area (Å²) in [7, 11) is 1.98. The highest BCUT2D eigenvalue weighted by Gasteiger charge is 2.31. The average molecular weight is 369 g/mol. The normalized spacial score (nSPS) is 19.2. The fourth-order valence-corrected chi connectivity index (χ4v) is 4.27. The molecule has 0 radical (unpaired) electrons. The zero-order valence-corrected chi connectivity index (χ0v) is 16.1. The SMILES string of the molecule is Cc1nc2cc(NC(=O)CN3CCN(C4CCCC4)C(=O)C3)ccc2n1C. The van der Waals surface area contributed by atoms with Crippen molar-refractivity contribution in [1.29, 1.82) is 0 Å². The molecule has 27 heavy (non-hydrogen) atoms. The Balaban J connectivity index is 1.34. The topological polar surface area (TPSA) is 70.5 Å². The summed E-state index contributed by atoms with van der Waals surface area (Å²) in [6.45, 7) is 4.02. The van der Waals surface area contributed by atoms with Gasteiger partial charge in [-0.3, -0.25) is 14.5 Å². The highest BCUT2D eigenvalue weighted by Crippen LogP contribution is 2.25. The molecule has 1 aromatic heterocycles. The van der Waals surface area contributed by atoms with Crippen LogP contribution in [0.15, 0.2) is 18.2 Å². The molecule has 0 atom stereocenters. The number of anilines is 1. The predicted molar refractivity (Wildman–Crippen MR) is 104 cm³/mol. The molecule has 2 amide bonds. The van der Waals surface area contributed by atoms with E-state index in [-0.39, 0.29) is 18.4 Å². The number of nitrogens with zero attached hydrogens (tertiary/aromatic N) is 4. The van der Waals surface area contributed by atoms with Crippen LogP contribution in [-0.4, -0.2) is 63.4 Å². The summed E-state index contributed by atoms with van der Waals surface area (Å²) < 4.78 is 2.02. The van der Waals surface area contributed by atoms with Gasteiger partial charge >= 0.3 is 0 Å². The van der Waals surface area contributed by atoms with Gasteiger partial charge in [0.1, 0.15) is 5.82 Å². The lowest BCUT2D eigenvalue weighted by Crippen LogP contribution is -2.54. The van der Waals surface area contributed by atoms with Crippen LogP contribution < -0.4 is 5.32 Å². The molecule has 144 valence electrons. The summed E-state index contributed by atoms with van der Waals surface area (Å²) in [5.74, 6) is 1.00. The number of nitrogens with one attached hydrogen (secondary N) is 1. The third kappa shape index (κ3) is 3.69. The number of amides is 2. The lowest BCUT2D eigenvalue weighted by molar-refractivity contribution is -0.139. The second kappa shape index (κ2) is 7.31. The minimum atomic E-state index is -0.0934. The molecule has 1 aliphatic heterocycles. The van der Waals surface area contributed by atoms with Gasteiger partial charge in [-0.1, -0.05) is 12.8 Å². The molecule has 1 aromatic carbocycles. The minimum Gasteiger partial charge on any atom is -0.337 e. The number of carbonyl (C=O) groups excluding carboxylic acids is 2. The van der Waals surface area contributed by atoms with Gasteiger partial charge in [0, 0.05) is 31.9 Å².